The molecule has 0 radical (unpaired) electrons. The molecule has 1 aliphatic heterocycles. The molecule has 2 aromatic heterocycles. The third kappa shape index (κ3) is 9.49. The Bertz CT molecular complexity index is 1730. The predicted octanol–water partition coefficient (Wildman–Crippen LogP) is 6.53. The van der Waals surface area contributed by atoms with E-state index in [1.54, 1.807) is 11.4 Å². The van der Waals surface area contributed by atoms with Crippen molar-refractivity contribution in [3.63, 3.8) is 0 Å². The molecule has 258 valence electrons. The Kier molecular flexibility index (Phi) is 11.3. The van der Waals surface area contributed by atoms with Crippen LogP contribution in [0.5, 0.6) is 11.6 Å². The monoisotopic (exact) mass is 684 g/mol. The largest absolute Gasteiger partial charge is 0.438 e. The van der Waals surface area contributed by atoms with Crippen LogP contribution in [0.2, 0.25) is 0 Å². The van der Waals surface area contributed by atoms with E-state index < -0.39 is 11.7 Å². The minimum absolute atomic E-state index is 0.0105. The van der Waals surface area contributed by atoms with E-state index >= 15 is 0 Å². The summed E-state index contributed by atoms with van der Waals surface area (Å²) >= 11 is 1.44. The molecule has 1 saturated heterocycles. The zero-order valence-corrected chi connectivity index (χ0v) is 29.2. The van der Waals surface area contributed by atoms with Gasteiger partial charge in [0.15, 0.2) is 0 Å². The second-order valence-corrected chi connectivity index (χ2v) is 14.5. The van der Waals surface area contributed by atoms with Crippen LogP contribution in [0, 0.1) is 12.7 Å². The predicted molar refractivity (Wildman–Crippen MR) is 191 cm³/mol. The van der Waals surface area contributed by atoms with Gasteiger partial charge < -0.3 is 25.6 Å². The lowest BCUT2D eigenvalue weighted by molar-refractivity contribution is 0.0888. The van der Waals surface area contributed by atoms with E-state index in [2.05, 4.69) is 68.9 Å². The fraction of sp³-hybridized carbons (Fsp3) is 0.421. The molecule has 9 nitrogen and oxygen atoms in total. The number of rotatable bonds is 11. The molecule has 0 spiro atoms. The van der Waals surface area contributed by atoms with Crippen LogP contribution in [0.15, 0.2) is 66.2 Å². The quantitative estimate of drug-likeness (QED) is 0.165. The molecule has 49 heavy (non-hydrogen) atoms. The van der Waals surface area contributed by atoms with E-state index in [1.807, 2.05) is 25.1 Å². The van der Waals surface area contributed by atoms with Crippen molar-refractivity contribution in [3.8, 4) is 22.8 Å². The Morgan fingerprint density at radius 1 is 0.959 bits per heavy atom. The number of nitrogens with one attached hydrogen (secondary N) is 3. The first-order valence-corrected chi connectivity index (χ1v) is 18.1. The summed E-state index contributed by atoms with van der Waals surface area (Å²) in [5.41, 5.74) is 3.80. The van der Waals surface area contributed by atoms with Gasteiger partial charge in [-0.25, -0.2) is 14.4 Å². The number of thiazole rings is 1. The van der Waals surface area contributed by atoms with Gasteiger partial charge in [-0.1, -0.05) is 36.4 Å². The molecule has 0 bridgehead atoms. The van der Waals surface area contributed by atoms with Crippen LogP contribution in [-0.2, 0) is 6.42 Å². The van der Waals surface area contributed by atoms with E-state index in [0.717, 1.165) is 60.9 Å². The lowest BCUT2D eigenvalue weighted by Gasteiger charge is -2.36. The van der Waals surface area contributed by atoms with Crippen LogP contribution in [0.25, 0.3) is 11.1 Å². The third-order valence-corrected chi connectivity index (χ3v) is 9.99. The molecular weight excluding hydrogens is 640 g/mol. The highest BCUT2D eigenvalue weighted by Gasteiger charge is 2.26. The molecule has 1 aliphatic carbocycles. The van der Waals surface area contributed by atoms with Gasteiger partial charge >= 0.3 is 0 Å². The number of amides is 2. The molecule has 11 heteroatoms. The van der Waals surface area contributed by atoms with Crippen molar-refractivity contribution >= 4 is 23.2 Å². The maximum absolute atomic E-state index is 14.3. The molecule has 2 amide bonds. The molecule has 3 N–H and O–H groups in total. The van der Waals surface area contributed by atoms with Crippen LogP contribution in [0.1, 0.15) is 77.4 Å². The summed E-state index contributed by atoms with van der Waals surface area (Å²) < 4.78 is 20.4. The van der Waals surface area contributed by atoms with Crippen LogP contribution in [-0.4, -0.2) is 70.5 Å². The van der Waals surface area contributed by atoms with Gasteiger partial charge in [-0.15, -0.1) is 11.3 Å². The summed E-state index contributed by atoms with van der Waals surface area (Å²) in [4.78, 5) is 36.8. The molecular formula is C38H45FN6O3S. The van der Waals surface area contributed by atoms with Gasteiger partial charge in [0.2, 0.25) is 5.88 Å². The summed E-state index contributed by atoms with van der Waals surface area (Å²) in [6.45, 7) is 9.66. The fourth-order valence-electron chi connectivity index (χ4n) is 6.89. The summed E-state index contributed by atoms with van der Waals surface area (Å²) in [6, 6.07) is 18.3. The van der Waals surface area contributed by atoms with Gasteiger partial charge in [-0.05, 0) is 101 Å². The van der Waals surface area contributed by atoms with Crippen molar-refractivity contribution in [3.05, 3.63) is 93.8 Å². The fourth-order valence-corrected chi connectivity index (χ4v) is 7.48. The molecule has 2 fully saturated rings. The number of piperazine rings is 1. The zero-order valence-electron chi connectivity index (χ0n) is 28.4. The molecule has 2 atom stereocenters. The van der Waals surface area contributed by atoms with Crippen LogP contribution >= 0.6 is 11.3 Å². The second-order valence-electron chi connectivity index (χ2n) is 13.4. The molecule has 2 aromatic carbocycles. The van der Waals surface area contributed by atoms with Gasteiger partial charge in [-0.3, -0.25) is 9.59 Å². The van der Waals surface area contributed by atoms with Crippen molar-refractivity contribution < 1.29 is 18.7 Å². The highest BCUT2D eigenvalue weighted by atomic mass is 32.1. The number of halogens is 1. The van der Waals surface area contributed by atoms with Crippen molar-refractivity contribution in [1.82, 2.24) is 30.8 Å². The lowest BCUT2D eigenvalue weighted by atomic mass is 9.91. The zero-order chi connectivity index (χ0) is 34.3. The van der Waals surface area contributed by atoms with Gasteiger partial charge in [-0.2, -0.15) is 0 Å². The minimum atomic E-state index is -0.618. The van der Waals surface area contributed by atoms with Gasteiger partial charge in [0.1, 0.15) is 22.8 Å². The number of carbonyl (C=O) groups excluding carboxylic acids is 2. The van der Waals surface area contributed by atoms with Crippen molar-refractivity contribution in [2.45, 2.75) is 83.5 Å². The Morgan fingerprint density at radius 3 is 2.33 bits per heavy atom. The highest BCUT2D eigenvalue weighted by Crippen LogP contribution is 2.29. The summed E-state index contributed by atoms with van der Waals surface area (Å²) in [5, 5.41) is 12.3. The van der Waals surface area contributed by atoms with Gasteiger partial charge in [0, 0.05) is 42.6 Å². The van der Waals surface area contributed by atoms with E-state index in [0.29, 0.717) is 49.2 Å². The van der Waals surface area contributed by atoms with E-state index in [-0.39, 0.29) is 29.4 Å². The number of aromatic nitrogens is 2. The van der Waals surface area contributed by atoms with Crippen LogP contribution in [0.4, 0.5) is 4.39 Å². The molecule has 4 aromatic rings. The number of carbonyl (C=O) groups is 2. The standard InChI is InChI=1S/C38H45FN6O3S/c1-24-21-45(22-25(2)41-24)17-5-6-27-9-11-28(12-10-27)29-7-4-8-33(18-29)48-38-34(19-30(39)20-40-38)36(46)43-31-13-15-32(16-14-31)44-37(47)35-23-49-26(3)42-35/h4,7-12,18-20,23-25,31-32,41H,5-6,13-17,21-22H2,1-3H3,(H,43,46)(H,44,47). The maximum Gasteiger partial charge on any atom is 0.270 e. The van der Waals surface area contributed by atoms with E-state index in [4.69, 9.17) is 4.74 Å². The topological polar surface area (TPSA) is 108 Å². The number of nitrogens with zero attached hydrogens (tertiary/aromatic N) is 3. The summed E-state index contributed by atoms with van der Waals surface area (Å²) in [5.74, 6) is -0.695. The minimum Gasteiger partial charge on any atom is -0.438 e. The Balaban J connectivity index is 1.03. The van der Waals surface area contributed by atoms with Gasteiger partial charge in [0.25, 0.3) is 11.8 Å². The number of hydrogen-bond acceptors (Lipinski definition) is 8. The molecule has 6 rings (SSSR count). The highest BCUT2D eigenvalue weighted by molar-refractivity contribution is 7.09. The first kappa shape index (κ1) is 34.7. The maximum atomic E-state index is 14.3. The Labute approximate surface area is 291 Å². The number of aryl methyl sites for hydroxylation is 2. The smallest absolute Gasteiger partial charge is 0.270 e. The van der Waals surface area contributed by atoms with Crippen molar-refractivity contribution in [2.75, 3.05) is 19.6 Å². The molecule has 2 aliphatic rings. The first-order chi connectivity index (χ1) is 23.7. The second kappa shape index (κ2) is 16.0. The van der Waals surface area contributed by atoms with Crippen LogP contribution < -0.4 is 20.7 Å². The summed E-state index contributed by atoms with van der Waals surface area (Å²) in [6.07, 6.45) is 6.00. The van der Waals surface area contributed by atoms with Crippen molar-refractivity contribution in [2.24, 2.45) is 0 Å². The number of pyridine rings is 1. The number of hydrogen-bond donors (Lipinski definition) is 3. The molecule has 1 saturated carbocycles. The summed E-state index contributed by atoms with van der Waals surface area (Å²) in [7, 11) is 0. The first-order valence-electron chi connectivity index (χ1n) is 17.2. The molecule has 2 unspecified atom stereocenters. The SMILES string of the molecule is Cc1nc(C(=O)NC2CCC(NC(=O)c3cc(F)cnc3Oc3cccc(-c4ccc(CCCN5CC(C)NC(C)C5)cc4)c3)CC2)cs1. The van der Waals surface area contributed by atoms with Crippen LogP contribution in [0.3, 0.4) is 0 Å². The van der Waals surface area contributed by atoms with Crippen molar-refractivity contribution in [1.29, 1.82) is 0 Å². The number of ether oxygens (including phenoxy) is 1. The Morgan fingerprint density at radius 2 is 1.65 bits per heavy atom. The average molecular weight is 685 g/mol. The third-order valence-electron chi connectivity index (χ3n) is 9.22. The molecule has 3 heterocycles. The Hall–Kier alpha value is -4.19. The van der Waals surface area contributed by atoms with E-state index in [1.165, 1.54) is 16.9 Å². The number of benzene rings is 2. The van der Waals surface area contributed by atoms with Gasteiger partial charge in [0.05, 0.1) is 11.2 Å². The average Bonchev–Trinajstić information content (AvgIpc) is 3.53. The lowest BCUT2D eigenvalue weighted by Crippen LogP contribution is -2.54. The van der Waals surface area contributed by atoms with E-state index in [9.17, 15) is 14.0 Å². The normalized spacial score (nSPS) is 21.2.